The Hall–Kier alpha value is -3.28. The summed E-state index contributed by atoms with van der Waals surface area (Å²) in [6, 6.07) is 13.6. The molecule has 2 aromatic rings. The number of hydrogen-bond acceptors (Lipinski definition) is 5. The molecule has 33 heavy (non-hydrogen) atoms. The highest BCUT2D eigenvalue weighted by molar-refractivity contribution is 6.46. The number of carbonyl (C=O) groups is 2. The average molecular weight is 452 g/mol. The van der Waals surface area contributed by atoms with Gasteiger partial charge in [0.2, 0.25) is 0 Å². The van der Waals surface area contributed by atoms with Gasteiger partial charge in [0, 0.05) is 17.7 Å². The molecule has 6 heteroatoms. The molecule has 1 atom stereocenters. The predicted octanol–water partition coefficient (Wildman–Crippen LogP) is 5.34. The van der Waals surface area contributed by atoms with Gasteiger partial charge in [-0.05, 0) is 44.4 Å². The van der Waals surface area contributed by atoms with Gasteiger partial charge in [-0.3, -0.25) is 9.59 Å². The zero-order chi connectivity index (χ0) is 24.1. The van der Waals surface area contributed by atoms with Crippen LogP contribution in [0.25, 0.3) is 5.76 Å². The third kappa shape index (κ3) is 5.38. The van der Waals surface area contributed by atoms with Gasteiger partial charge in [0.15, 0.2) is 0 Å². The van der Waals surface area contributed by atoms with Gasteiger partial charge in [0.05, 0.1) is 24.3 Å². The van der Waals surface area contributed by atoms with Crippen molar-refractivity contribution in [2.45, 2.75) is 53.2 Å². The molecule has 1 saturated heterocycles. The summed E-state index contributed by atoms with van der Waals surface area (Å²) in [5.41, 5.74) is 1.17. The third-order valence-electron chi connectivity index (χ3n) is 5.27. The van der Waals surface area contributed by atoms with Crippen molar-refractivity contribution < 1.29 is 24.2 Å². The van der Waals surface area contributed by atoms with E-state index in [0.717, 1.165) is 0 Å². The molecule has 1 aliphatic rings. The second kappa shape index (κ2) is 10.6. The number of amides is 1. The minimum Gasteiger partial charge on any atom is -0.507 e. The highest BCUT2D eigenvalue weighted by atomic mass is 16.5. The maximum atomic E-state index is 13.1. The molecule has 2 aromatic carbocycles. The van der Waals surface area contributed by atoms with Gasteiger partial charge in [-0.25, -0.2) is 0 Å². The number of para-hydroxylation sites is 1. The summed E-state index contributed by atoms with van der Waals surface area (Å²) in [4.78, 5) is 27.6. The molecule has 6 nitrogen and oxygen atoms in total. The van der Waals surface area contributed by atoms with Crippen LogP contribution in [0.2, 0.25) is 0 Å². The fraction of sp³-hybridized carbons (Fsp3) is 0.407. The first-order valence-corrected chi connectivity index (χ1v) is 11.5. The van der Waals surface area contributed by atoms with E-state index in [2.05, 4.69) is 13.8 Å². The van der Waals surface area contributed by atoms with Crippen molar-refractivity contribution in [2.24, 2.45) is 5.92 Å². The molecule has 1 fully saturated rings. The molecule has 0 saturated carbocycles. The first-order valence-electron chi connectivity index (χ1n) is 11.5. The monoisotopic (exact) mass is 451 g/mol. The molecule has 0 aromatic heterocycles. The maximum absolute atomic E-state index is 13.1. The highest BCUT2D eigenvalue weighted by Gasteiger charge is 2.46. The van der Waals surface area contributed by atoms with E-state index < -0.39 is 17.7 Å². The standard InChI is InChI=1S/C27H33NO5/c1-6-14-28-24(21-12-7-8-13-22(21)33-18(4)5)23(26(30)27(28)31)25(29)19-10-9-11-20(15-19)32-16-17(2)3/h7-13,15,17-18,24,29H,6,14,16H2,1-5H3/b25-23-. The number of aliphatic hydroxyl groups is 1. The van der Waals surface area contributed by atoms with Gasteiger partial charge in [0.1, 0.15) is 17.3 Å². The largest absolute Gasteiger partial charge is 0.507 e. The van der Waals surface area contributed by atoms with Crippen molar-refractivity contribution in [3.05, 3.63) is 65.2 Å². The maximum Gasteiger partial charge on any atom is 0.295 e. The molecule has 176 valence electrons. The topological polar surface area (TPSA) is 76.1 Å². The number of nitrogens with zero attached hydrogens (tertiary/aromatic N) is 1. The minimum absolute atomic E-state index is 0.0641. The summed E-state index contributed by atoms with van der Waals surface area (Å²) in [5, 5.41) is 11.3. The average Bonchev–Trinajstić information content (AvgIpc) is 3.02. The van der Waals surface area contributed by atoms with Crippen LogP contribution in [0.5, 0.6) is 11.5 Å². The molecule has 0 spiro atoms. The second-order valence-corrected chi connectivity index (χ2v) is 8.93. The van der Waals surface area contributed by atoms with Gasteiger partial charge in [0.25, 0.3) is 11.7 Å². The van der Waals surface area contributed by atoms with E-state index >= 15 is 0 Å². The number of carbonyl (C=O) groups excluding carboxylic acids is 2. The molecule has 3 rings (SSSR count). The van der Waals surface area contributed by atoms with Crippen molar-refractivity contribution >= 4 is 17.4 Å². The van der Waals surface area contributed by atoms with Gasteiger partial charge >= 0.3 is 0 Å². The Bertz CT molecular complexity index is 1040. The summed E-state index contributed by atoms with van der Waals surface area (Å²) in [6.07, 6.45) is 0.587. The van der Waals surface area contributed by atoms with Crippen LogP contribution in [0.15, 0.2) is 54.1 Å². The lowest BCUT2D eigenvalue weighted by Gasteiger charge is -2.27. The van der Waals surface area contributed by atoms with Crippen molar-refractivity contribution in [2.75, 3.05) is 13.2 Å². The number of Topliss-reactive ketones (excluding diaryl/α,β-unsaturated/α-hetero) is 1. The van der Waals surface area contributed by atoms with Crippen molar-refractivity contribution in [1.82, 2.24) is 4.90 Å². The lowest BCUT2D eigenvalue weighted by atomic mass is 9.94. The lowest BCUT2D eigenvalue weighted by molar-refractivity contribution is -0.139. The van der Waals surface area contributed by atoms with E-state index in [1.165, 1.54) is 4.90 Å². The SMILES string of the molecule is CCCN1C(=O)C(=O)/C(=C(\O)c2cccc(OCC(C)C)c2)C1c1ccccc1OC(C)C. The van der Waals surface area contributed by atoms with Crippen LogP contribution in [-0.2, 0) is 9.59 Å². The Balaban J connectivity index is 2.14. The van der Waals surface area contributed by atoms with Crippen LogP contribution < -0.4 is 9.47 Å². The molecule has 0 bridgehead atoms. The van der Waals surface area contributed by atoms with Gasteiger partial charge in [-0.2, -0.15) is 0 Å². The van der Waals surface area contributed by atoms with Crippen LogP contribution in [-0.4, -0.2) is 41.0 Å². The van der Waals surface area contributed by atoms with E-state index in [1.54, 1.807) is 24.3 Å². The normalized spacial score (nSPS) is 17.8. The molecule has 0 aliphatic carbocycles. The lowest BCUT2D eigenvalue weighted by Crippen LogP contribution is -2.30. The number of benzene rings is 2. The molecule has 1 N–H and O–H groups in total. The Kier molecular flexibility index (Phi) is 7.79. The highest BCUT2D eigenvalue weighted by Crippen LogP contribution is 2.43. The van der Waals surface area contributed by atoms with Crippen molar-refractivity contribution in [1.29, 1.82) is 0 Å². The van der Waals surface area contributed by atoms with E-state index in [-0.39, 0.29) is 17.4 Å². The molecule has 1 heterocycles. The van der Waals surface area contributed by atoms with Crippen LogP contribution in [0, 0.1) is 5.92 Å². The first-order chi connectivity index (χ1) is 15.7. The van der Waals surface area contributed by atoms with Crippen LogP contribution in [0.3, 0.4) is 0 Å². The number of ketones is 1. The van der Waals surface area contributed by atoms with Gasteiger partial charge in [-0.1, -0.05) is 51.1 Å². The van der Waals surface area contributed by atoms with E-state index in [0.29, 0.717) is 48.1 Å². The predicted molar refractivity (Wildman–Crippen MR) is 128 cm³/mol. The molecular formula is C27H33NO5. The second-order valence-electron chi connectivity index (χ2n) is 8.93. The fourth-order valence-electron chi connectivity index (χ4n) is 3.89. The van der Waals surface area contributed by atoms with E-state index in [4.69, 9.17) is 9.47 Å². The molecule has 1 unspecified atom stereocenters. The Morgan fingerprint density at radius 2 is 1.79 bits per heavy atom. The molecule has 0 radical (unpaired) electrons. The van der Waals surface area contributed by atoms with Crippen molar-refractivity contribution in [3.63, 3.8) is 0 Å². The number of ether oxygens (including phenoxy) is 2. The molecule has 1 aliphatic heterocycles. The zero-order valence-corrected chi connectivity index (χ0v) is 20.0. The van der Waals surface area contributed by atoms with Crippen LogP contribution >= 0.6 is 0 Å². The van der Waals surface area contributed by atoms with Crippen LogP contribution in [0.1, 0.15) is 58.2 Å². The van der Waals surface area contributed by atoms with Crippen molar-refractivity contribution in [3.8, 4) is 11.5 Å². The van der Waals surface area contributed by atoms with Gasteiger partial charge in [-0.15, -0.1) is 0 Å². The first kappa shape index (κ1) is 24.4. The molecule has 1 amide bonds. The molecular weight excluding hydrogens is 418 g/mol. The summed E-state index contributed by atoms with van der Waals surface area (Å²) in [6.45, 7) is 10.8. The summed E-state index contributed by atoms with van der Waals surface area (Å²) < 4.78 is 11.8. The summed E-state index contributed by atoms with van der Waals surface area (Å²) in [5.74, 6) is -0.00445. The Morgan fingerprint density at radius 3 is 2.45 bits per heavy atom. The summed E-state index contributed by atoms with van der Waals surface area (Å²) in [7, 11) is 0. The number of likely N-dealkylation sites (tertiary alicyclic amines) is 1. The minimum atomic E-state index is -0.736. The quantitative estimate of drug-likeness (QED) is 0.316. The van der Waals surface area contributed by atoms with Gasteiger partial charge < -0.3 is 19.5 Å². The zero-order valence-electron chi connectivity index (χ0n) is 20.0. The number of aliphatic hydroxyl groups excluding tert-OH is 1. The number of rotatable bonds is 9. The third-order valence-corrected chi connectivity index (χ3v) is 5.27. The number of hydrogen-bond donors (Lipinski definition) is 1. The smallest absolute Gasteiger partial charge is 0.295 e. The van der Waals surface area contributed by atoms with Crippen LogP contribution in [0.4, 0.5) is 0 Å². The Labute approximate surface area is 195 Å². The van der Waals surface area contributed by atoms with E-state index in [9.17, 15) is 14.7 Å². The Morgan fingerprint density at radius 1 is 1.06 bits per heavy atom. The fourth-order valence-corrected chi connectivity index (χ4v) is 3.89. The summed E-state index contributed by atoms with van der Waals surface area (Å²) >= 11 is 0. The van der Waals surface area contributed by atoms with E-state index in [1.807, 2.05) is 45.0 Å².